The molecule has 31 heavy (non-hydrogen) atoms. The number of carbonyl (C=O) groups excluding carboxylic acids is 2. The number of benzene rings is 1. The van der Waals surface area contributed by atoms with Gasteiger partial charge in [0.15, 0.2) is 5.69 Å². The van der Waals surface area contributed by atoms with E-state index in [9.17, 15) is 9.59 Å². The van der Waals surface area contributed by atoms with Gasteiger partial charge < -0.3 is 14.8 Å². The third-order valence-electron chi connectivity index (χ3n) is 4.39. The lowest BCUT2D eigenvalue weighted by Gasteiger charge is -2.21. The number of aryl methyl sites for hydroxylation is 1. The van der Waals surface area contributed by atoms with Crippen LogP contribution in [0.3, 0.4) is 0 Å². The van der Waals surface area contributed by atoms with Gasteiger partial charge in [-0.1, -0.05) is 12.1 Å². The topological polar surface area (TPSA) is 108 Å². The highest BCUT2D eigenvalue weighted by Gasteiger charge is 2.21. The SMILES string of the molecule is COC(=O)Cc1ccc(Oc2ncncc2NC(=O)c2cc(C)n(C(C)(C)C)n2)cc1. The van der Waals surface area contributed by atoms with Crippen molar-refractivity contribution in [3.63, 3.8) is 0 Å². The molecule has 0 bridgehead atoms. The van der Waals surface area contributed by atoms with Crippen molar-refractivity contribution < 1.29 is 19.1 Å². The monoisotopic (exact) mass is 423 g/mol. The molecule has 162 valence electrons. The van der Waals surface area contributed by atoms with Crippen LogP contribution in [0.15, 0.2) is 42.9 Å². The lowest BCUT2D eigenvalue weighted by molar-refractivity contribution is -0.139. The van der Waals surface area contributed by atoms with Crippen molar-refractivity contribution in [2.45, 2.75) is 39.7 Å². The highest BCUT2D eigenvalue weighted by molar-refractivity contribution is 6.03. The van der Waals surface area contributed by atoms with Crippen molar-refractivity contribution >= 4 is 17.6 Å². The number of nitrogens with one attached hydrogen (secondary N) is 1. The Morgan fingerprint density at radius 2 is 1.87 bits per heavy atom. The zero-order valence-corrected chi connectivity index (χ0v) is 18.2. The van der Waals surface area contributed by atoms with E-state index in [1.54, 1.807) is 35.0 Å². The number of ether oxygens (including phenoxy) is 2. The molecule has 1 aromatic carbocycles. The Hall–Kier alpha value is -3.75. The van der Waals surface area contributed by atoms with Gasteiger partial charge in [-0.05, 0) is 51.5 Å². The van der Waals surface area contributed by atoms with Crippen molar-refractivity contribution in [1.82, 2.24) is 19.7 Å². The van der Waals surface area contributed by atoms with Gasteiger partial charge in [0.1, 0.15) is 17.8 Å². The second-order valence-corrected chi connectivity index (χ2v) is 7.95. The van der Waals surface area contributed by atoms with E-state index in [1.807, 2.05) is 27.7 Å². The Kier molecular flexibility index (Phi) is 6.33. The summed E-state index contributed by atoms with van der Waals surface area (Å²) in [5.74, 6) is -0.0236. The number of aromatic nitrogens is 4. The first-order valence-electron chi connectivity index (χ1n) is 9.69. The Morgan fingerprint density at radius 3 is 2.48 bits per heavy atom. The third-order valence-corrected chi connectivity index (χ3v) is 4.39. The summed E-state index contributed by atoms with van der Waals surface area (Å²) in [6.45, 7) is 7.95. The van der Waals surface area contributed by atoms with Gasteiger partial charge in [-0.2, -0.15) is 10.1 Å². The minimum absolute atomic E-state index is 0.173. The van der Waals surface area contributed by atoms with Gasteiger partial charge in [-0.15, -0.1) is 0 Å². The van der Waals surface area contributed by atoms with Gasteiger partial charge in [-0.3, -0.25) is 14.3 Å². The number of nitrogens with zero attached hydrogens (tertiary/aromatic N) is 4. The highest BCUT2D eigenvalue weighted by atomic mass is 16.5. The molecule has 1 amide bonds. The van der Waals surface area contributed by atoms with E-state index in [1.165, 1.54) is 19.6 Å². The molecular formula is C22H25N5O4. The molecule has 0 aliphatic carbocycles. The van der Waals surface area contributed by atoms with Crippen LogP contribution < -0.4 is 10.1 Å². The molecule has 0 saturated heterocycles. The van der Waals surface area contributed by atoms with E-state index in [0.717, 1.165) is 11.3 Å². The van der Waals surface area contributed by atoms with Crippen LogP contribution >= 0.6 is 0 Å². The van der Waals surface area contributed by atoms with Gasteiger partial charge >= 0.3 is 5.97 Å². The van der Waals surface area contributed by atoms with Gasteiger partial charge in [-0.25, -0.2) is 4.98 Å². The zero-order chi connectivity index (χ0) is 22.6. The summed E-state index contributed by atoms with van der Waals surface area (Å²) in [5.41, 5.74) is 2.03. The molecule has 0 fully saturated rings. The average Bonchev–Trinajstić information content (AvgIpc) is 3.13. The van der Waals surface area contributed by atoms with Crippen molar-refractivity contribution in [2.75, 3.05) is 12.4 Å². The van der Waals surface area contributed by atoms with E-state index in [-0.39, 0.29) is 35.4 Å². The molecule has 2 heterocycles. The maximum absolute atomic E-state index is 12.7. The van der Waals surface area contributed by atoms with Crippen LogP contribution in [0.5, 0.6) is 11.6 Å². The summed E-state index contributed by atoms with van der Waals surface area (Å²) in [5, 5.41) is 7.17. The maximum Gasteiger partial charge on any atom is 0.309 e. The summed E-state index contributed by atoms with van der Waals surface area (Å²) in [6, 6.07) is 8.66. The van der Waals surface area contributed by atoms with E-state index in [0.29, 0.717) is 11.4 Å². The lowest BCUT2D eigenvalue weighted by Crippen LogP contribution is -2.25. The predicted octanol–water partition coefficient (Wildman–Crippen LogP) is 3.50. The van der Waals surface area contributed by atoms with Gasteiger partial charge in [0.05, 0.1) is 25.3 Å². The molecule has 2 aromatic heterocycles. The minimum atomic E-state index is -0.390. The fraction of sp³-hybridized carbons (Fsp3) is 0.318. The number of amides is 1. The number of carbonyl (C=O) groups is 2. The molecular weight excluding hydrogens is 398 g/mol. The predicted molar refractivity (Wildman–Crippen MR) is 114 cm³/mol. The number of hydrogen-bond acceptors (Lipinski definition) is 7. The first kappa shape index (κ1) is 21.9. The smallest absolute Gasteiger partial charge is 0.309 e. The number of rotatable bonds is 6. The second kappa shape index (κ2) is 8.95. The highest BCUT2D eigenvalue weighted by Crippen LogP contribution is 2.27. The van der Waals surface area contributed by atoms with Crippen molar-refractivity contribution in [1.29, 1.82) is 0 Å². The molecule has 9 heteroatoms. The normalized spacial score (nSPS) is 11.1. The third kappa shape index (κ3) is 5.44. The van der Waals surface area contributed by atoms with Crippen LogP contribution in [0.25, 0.3) is 0 Å². The molecule has 0 atom stereocenters. The Balaban J connectivity index is 1.75. The molecule has 0 saturated carbocycles. The summed E-state index contributed by atoms with van der Waals surface area (Å²) < 4.78 is 12.3. The van der Waals surface area contributed by atoms with E-state index in [4.69, 9.17) is 4.74 Å². The van der Waals surface area contributed by atoms with Crippen LogP contribution in [0.4, 0.5) is 5.69 Å². The van der Waals surface area contributed by atoms with Crippen LogP contribution in [0.2, 0.25) is 0 Å². The van der Waals surface area contributed by atoms with E-state index < -0.39 is 0 Å². The first-order chi connectivity index (χ1) is 14.7. The summed E-state index contributed by atoms with van der Waals surface area (Å²) in [4.78, 5) is 32.2. The Labute approximate surface area is 180 Å². The number of methoxy groups -OCH3 is 1. The van der Waals surface area contributed by atoms with Gasteiger partial charge in [0.25, 0.3) is 5.91 Å². The molecule has 3 rings (SSSR count). The zero-order valence-electron chi connectivity index (χ0n) is 18.2. The molecule has 9 nitrogen and oxygen atoms in total. The molecule has 0 radical (unpaired) electrons. The summed E-state index contributed by atoms with van der Waals surface area (Å²) in [7, 11) is 1.35. The standard InChI is InChI=1S/C22H25N5O4/c1-14-10-17(26-27(14)22(2,3)4)20(29)25-18-12-23-13-24-21(18)31-16-8-6-15(7-9-16)11-19(28)30-5/h6-10,12-13H,11H2,1-5H3,(H,25,29). The maximum atomic E-state index is 12.7. The quantitative estimate of drug-likeness (QED) is 0.605. The van der Waals surface area contributed by atoms with Crippen molar-refractivity contribution in [3.05, 3.63) is 59.8 Å². The fourth-order valence-electron chi connectivity index (χ4n) is 2.96. The van der Waals surface area contributed by atoms with Crippen LogP contribution in [0.1, 0.15) is 42.5 Å². The minimum Gasteiger partial charge on any atom is -0.469 e. The van der Waals surface area contributed by atoms with E-state index in [2.05, 4.69) is 25.1 Å². The van der Waals surface area contributed by atoms with Crippen LogP contribution in [0, 0.1) is 6.92 Å². The molecule has 0 unspecified atom stereocenters. The van der Waals surface area contributed by atoms with Gasteiger partial charge in [0.2, 0.25) is 5.88 Å². The fourth-order valence-corrected chi connectivity index (χ4v) is 2.96. The van der Waals surface area contributed by atoms with Crippen LogP contribution in [-0.2, 0) is 21.5 Å². The number of hydrogen-bond donors (Lipinski definition) is 1. The van der Waals surface area contributed by atoms with Crippen molar-refractivity contribution in [2.24, 2.45) is 0 Å². The summed E-state index contributed by atoms with van der Waals surface area (Å²) >= 11 is 0. The molecule has 3 aromatic rings. The van der Waals surface area contributed by atoms with Crippen molar-refractivity contribution in [3.8, 4) is 11.6 Å². The number of anilines is 1. The molecule has 1 N–H and O–H groups in total. The van der Waals surface area contributed by atoms with Crippen LogP contribution in [-0.4, -0.2) is 38.7 Å². The molecule has 0 spiro atoms. The number of esters is 1. The molecule has 0 aliphatic heterocycles. The molecule has 0 aliphatic rings. The lowest BCUT2D eigenvalue weighted by atomic mass is 10.1. The first-order valence-corrected chi connectivity index (χ1v) is 9.69. The van der Waals surface area contributed by atoms with E-state index >= 15 is 0 Å². The van der Waals surface area contributed by atoms with Gasteiger partial charge in [0, 0.05) is 5.69 Å². The second-order valence-electron chi connectivity index (χ2n) is 7.95. The summed E-state index contributed by atoms with van der Waals surface area (Å²) in [6.07, 6.45) is 2.96. The Morgan fingerprint density at radius 1 is 1.16 bits per heavy atom. The Bertz CT molecular complexity index is 1080. The largest absolute Gasteiger partial charge is 0.469 e. The average molecular weight is 423 g/mol.